The minimum Gasteiger partial charge on any atom is -0.465 e. The highest BCUT2D eigenvalue weighted by molar-refractivity contribution is 7.92. The van der Waals surface area contributed by atoms with Gasteiger partial charge in [-0.1, -0.05) is 47.5 Å². The molecule has 1 fully saturated rings. The van der Waals surface area contributed by atoms with E-state index in [0.717, 1.165) is 11.1 Å². The van der Waals surface area contributed by atoms with Crippen molar-refractivity contribution in [1.29, 1.82) is 0 Å². The van der Waals surface area contributed by atoms with E-state index in [-0.39, 0.29) is 10.9 Å². The first kappa shape index (κ1) is 26.0. The number of hydrogen-bond acceptors (Lipinski definition) is 5. The summed E-state index contributed by atoms with van der Waals surface area (Å²) in [4.78, 5) is 26.2. The number of hydrogen-bond donors (Lipinski definition) is 1. The molecule has 10 heteroatoms. The lowest BCUT2D eigenvalue weighted by Crippen LogP contribution is -2.44. The van der Waals surface area contributed by atoms with E-state index in [1.807, 2.05) is 0 Å². The summed E-state index contributed by atoms with van der Waals surface area (Å²) in [6.45, 7) is 0.593. The summed E-state index contributed by atoms with van der Waals surface area (Å²) >= 11 is 12.2. The van der Waals surface area contributed by atoms with Crippen molar-refractivity contribution in [3.8, 4) is 11.1 Å². The third kappa shape index (κ3) is 5.67. The highest BCUT2D eigenvalue weighted by Crippen LogP contribution is 2.32. The van der Waals surface area contributed by atoms with Crippen LogP contribution in [0.3, 0.4) is 0 Å². The molecule has 1 heterocycles. The summed E-state index contributed by atoms with van der Waals surface area (Å²) in [5, 5.41) is 3.18. The lowest BCUT2D eigenvalue weighted by molar-refractivity contribution is 0.0600. The zero-order chi connectivity index (χ0) is 25.9. The van der Waals surface area contributed by atoms with Gasteiger partial charge >= 0.3 is 12.0 Å². The second-order valence-electron chi connectivity index (χ2n) is 8.38. The van der Waals surface area contributed by atoms with Crippen LogP contribution in [0.4, 0.5) is 10.5 Å². The highest BCUT2D eigenvalue weighted by atomic mass is 35.5. The molecular weight excluding hydrogens is 523 g/mol. The number of piperidine rings is 1. The Morgan fingerprint density at radius 3 is 2.31 bits per heavy atom. The van der Waals surface area contributed by atoms with Gasteiger partial charge in [-0.15, -0.1) is 0 Å². The number of esters is 1. The number of methoxy groups -OCH3 is 1. The number of benzene rings is 3. The molecule has 2 amide bonds. The average molecular weight is 547 g/mol. The summed E-state index contributed by atoms with van der Waals surface area (Å²) in [5.74, 6) is -0.499. The molecule has 1 N–H and O–H groups in total. The van der Waals surface area contributed by atoms with Gasteiger partial charge in [0.1, 0.15) is 0 Å². The molecule has 3 aromatic rings. The minimum absolute atomic E-state index is 0.235. The topological polar surface area (TPSA) is 92.8 Å². The lowest BCUT2D eigenvalue weighted by atomic mass is 10.1. The van der Waals surface area contributed by atoms with E-state index in [0.29, 0.717) is 47.2 Å². The summed E-state index contributed by atoms with van der Waals surface area (Å²) in [5.41, 5.74) is 2.34. The number of carbonyl (C=O) groups is 2. The van der Waals surface area contributed by atoms with Crippen molar-refractivity contribution in [2.75, 3.05) is 25.5 Å². The zero-order valence-corrected chi connectivity index (χ0v) is 21.7. The van der Waals surface area contributed by atoms with E-state index < -0.39 is 21.1 Å². The fourth-order valence-electron chi connectivity index (χ4n) is 4.15. The van der Waals surface area contributed by atoms with Gasteiger partial charge in [-0.3, -0.25) is 0 Å². The molecule has 4 rings (SSSR count). The van der Waals surface area contributed by atoms with E-state index in [2.05, 4.69) is 5.32 Å². The number of nitrogens with one attached hydrogen (secondary N) is 1. The Kier molecular flexibility index (Phi) is 7.88. The minimum atomic E-state index is -3.57. The van der Waals surface area contributed by atoms with Crippen molar-refractivity contribution in [3.63, 3.8) is 0 Å². The van der Waals surface area contributed by atoms with E-state index in [1.165, 1.54) is 13.2 Å². The van der Waals surface area contributed by atoms with Crippen molar-refractivity contribution < 1.29 is 22.7 Å². The Bertz CT molecular complexity index is 1390. The van der Waals surface area contributed by atoms with Crippen LogP contribution >= 0.6 is 23.2 Å². The predicted octanol–water partition coefficient (Wildman–Crippen LogP) is 5.92. The van der Waals surface area contributed by atoms with Crippen LogP contribution < -0.4 is 5.32 Å². The second-order valence-corrected chi connectivity index (χ2v) is 11.5. The smallest absolute Gasteiger partial charge is 0.337 e. The average Bonchev–Trinajstić information content (AvgIpc) is 2.88. The maximum atomic E-state index is 13.2. The number of likely N-dealkylation sites (tertiary alicyclic amines) is 1. The molecule has 0 atom stereocenters. The molecule has 0 radical (unpaired) electrons. The number of ether oxygens (including phenoxy) is 1. The normalized spacial score (nSPS) is 14.4. The molecule has 188 valence electrons. The van der Waals surface area contributed by atoms with E-state index in [1.54, 1.807) is 65.6 Å². The molecule has 3 aromatic carbocycles. The van der Waals surface area contributed by atoms with Crippen molar-refractivity contribution in [2.45, 2.75) is 23.0 Å². The number of halogens is 2. The van der Waals surface area contributed by atoms with Crippen LogP contribution in [0.25, 0.3) is 11.1 Å². The predicted molar refractivity (Wildman–Crippen MR) is 140 cm³/mol. The maximum Gasteiger partial charge on any atom is 0.337 e. The molecule has 7 nitrogen and oxygen atoms in total. The van der Waals surface area contributed by atoms with Gasteiger partial charge in [0.05, 0.1) is 22.8 Å². The number of amides is 2. The van der Waals surface area contributed by atoms with Crippen LogP contribution in [-0.2, 0) is 14.6 Å². The van der Waals surface area contributed by atoms with Gasteiger partial charge in [-0.25, -0.2) is 18.0 Å². The van der Waals surface area contributed by atoms with E-state index >= 15 is 0 Å². The summed E-state index contributed by atoms with van der Waals surface area (Å²) in [7, 11) is -2.28. The Morgan fingerprint density at radius 1 is 0.972 bits per heavy atom. The monoisotopic (exact) mass is 546 g/mol. The highest BCUT2D eigenvalue weighted by Gasteiger charge is 2.33. The van der Waals surface area contributed by atoms with Crippen molar-refractivity contribution >= 4 is 50.7 Å². The molecule has 0 aromatic heterocycles. The molecule has 1 saturated heterocycles. The lowest BCUT2D eigenvalue weighted by Gasteiger charge is -2.31. The molecular formula is C26H24Cl2N2O5S. The Morgan fingerprint density at radius 2 is 1.67 bits per heavy atom. The number of sulfone groups is 1. The summed E-state index contributed by atoms with van der Waals surface area (Å²) in [6, 6.07) is 17.9. The molecule has 1 aliphatic heterocycles. The van der Waals surface area contributed by atoms with E-state index in [9.17, 15) is 18.0 Å². The number of urea groups is 1. The Hall–Kier alpha value is -3.07. The maximum absolute atomic E-state index is 13.2. The van der Waals surface area contributed by atoms with Gasteiger partial charge in [0.2, 0.25) is 0 Å². The molecule has 0 saturated carbocycles. The van der Waals surface area contributed by atoms with Crippen LogP contribution in [0, 0.1) is 0 Å². The van der Waals surface area contributed by atoms with Crippen LogP contribution in [0.5, 0.6) is 0 Å². The van der Waals surface area contributed by atoms with Gasteiger partial charge in [0.15, 0.2) is 9.84 Å². The fraction of sp³-hybridized carbons (Fsp3) is 0.231. The quantitative estimate of drug-likeness (QED) is 0.401. The standard InChI is InChI=1S/C26H24Cl2N2O5S/c1-35-25(31)18-3-2-4-20(15-18)29-26(32)30-13-11-22(12-14-30)36(33,34)21-8-5-17(6-9-21)23-10-7-19(27)16-24(23)28/h2-10,15-16,22H,11-14H2,1H3,(H,29,32). The van der Waals surface area contributed by atoms with Gasteiger partial charge in [0, 0.05) is 34.4 Å². The molecule has 0 aliphatic carbocycles. The molecule has 36 heavy (non-hydrogen) atoms. The van der Waals surface area contributed by atoms with Gasteiger partial charge in [0.25, 0.3) is 0 Å². The number of rotatable bonds is 5. The van der Waals surface area contributed by atoms with Crippen molar-refractivity contribution in [2.24, 2.45) is 0 Å². The van der Waals surface area contributed by atoms with Crippen LogP contribution in [0.15, 0.2) is 71.6 Å². The van der Waals surface area contributed by atoms with Crippen LogP contribution in [0.1, 0.15) is 23.2 Å². The number of carbonyl (C=O) groups excluding carboxylic acids is 2. The fourth-order valence-corrected chi connectivity index (χ4v) is 6.40. The number of nitrogens with zero attached hydrogens (tertiary/aromatic N) is 1. The van der Waals surface area contributed by atoms with Gasteiger partial charge < -0.3 is 15.0 Å². The largest absolute Gasteiger partial charge is 0.465 e. The summed E-state index contributed by atoms with van der Waals surface area (Å²) in [6.07, 6.45) is 0.644. The SMILES string of the molecule is COC(=O)c1cccc(NC(=O)N2CCC(S(=O)(=O)c3ccc(-c4ccc(Cl)cc4Cl)cc3)CC2)c1. The first-order valence-electron chi connectivity index (χ1n) is 11.2. The molecule has 0 spiro atoms. The Balaban J connectivity index is 1.39. The number of anilines is 1. The molecule has 0 unspecified atom stereocenters. The molecule has 1 aliphatic rings. The van der Waals surface area contributed by atoms with E-state index in [4.69, 9.17) is 27.9 Å². The van der Waals surface area contributed by atoms with Gasteiger partial charge in [-0.05, 0) is 60.9 Å². The van der Waals surface area contributed by atoms with Crippen LogP contribution in [-0.4, -0.2) is 50.8 Å². The van der Waals surface area contributed by atoms with Crippen molar-refractivity contribution in [1.82, 2.24) is 4.90 Å². The third-order valence-corrected chi connectivity index (χ3v) is 8.95. The summed E-state index contributed by atoms with van der Waals surface area (Å²) < 4.78 is 31.2. The Labute approximate surface area is 219 Å². The van der Waals surface area contributed by atoms with Gasteiger partial charge in [-0.2, -0.15) is 0 Å². The molecule has 0 bridgehead atoms. The first-order valence-corrected chi connectivity index (χ1v) is 13.5. The third-order valence-electron chi connectivity index (χ3n) is 6.13. The van der Waals surface area contributed by atoms with Crippen LogP contribution in [0.2, 0.25) is 10.0 Å². The second kappa shape index (κ2) is 10.9. The first-order chi connectivity index (χ1) is 17.2. The zero-order valence-electron chi connectivity index (χ0n) is 19.4. The van der Waals surface area contributed by atoms with Crippen molar-refractivity contribution in [3.05, 3.63) is 82.3 Å².